The average molecular weight is 311 g/mol. The summed E-state index contributed by atoms with van der Waals surface area (Å²) in [5, 5.41) is 8.69. The van der Waals surface area contributed by atoms with E-state index in [1.165, 1.54) is 12.3 Å². The van der Waals surface area contributed by atoms with Crippen LogP contribution in [0, 0.1) is 23.0 Å². The van der Waals surface area contributed by atoms with Crippen molar-refractivity contribution in [1.29, 1.82) is 5.26 Å². The summed E-state index contributed by atoms with van der Waals surface area (Å²) in [5.41, 5.74) is 5.91. The van der Waals surface area contributed by atoms with E-state index in [9.17, 15) is 8.78 Å². The first kappa shape index (κ1) is 12.4. The van der Waals surface area contributed by atoms with Gasteiger partial charge in [0.05, 0.1) is 10.7 Å². The zero-order valence-corrected chi connectivity index (χ0v) is 10.4. The van der Waals surface area contributed by atoms with Crippen molar-refractivity contribution in [3.63, 3.8) is 0 Å². The summed E-state index contributed by atoms with van der Waals surface area (Å²) >= 11 is 2.93. The lowest BCUT2D eigenvalue weighted by molar-refractivity contribution is 0.504. The summed E-state index contributed by atoms with van der Waals surface area (Å²) in [6.45, 7) is 0. The fraction of sp³-hybridized carbons (Fsp3) is 0. The molecule has 0 aliphatic heterocycles. The summed E-state index contributed by atoms with van der Waals surface area (Å²) in [4.78, 5) is 7.75. The molecule has 0 radical (unpaired) electrons. The molecule has 1 aromatic carbocycles. The van der Waals surface area contributed by atoms with Gasteiger partial charge in [-0.15, -0.1) is 0 Å². The smallest absolute Gasteiger partial charge is 0.173 e. The van der Waals surface area contributed by atoms with Gasteiger partial charge in [-0.1, -0.05) is 0 Å². The lowest BCUT2D eigenvalue weighted by Crippen LogP contribution is -2.00. The van der Waals surface area contributed by atoms with E-state index in [-0.39, 0.29) is 27.2 Å². The van der Waals surface area contributed by atoms with Crippen LogP contribution in [0.25, 0.3) is 11.4 Å². The van der Waals surface area contributed by atoms with Crippen LogP contribution < -0.4 is 5.73 Å². The Morgan fingerprint density at radius 1 is 1.33 bits per heavy atom. The summed E-state index contributed by atoms with van der Waals surface area (Å²) < 4.78 is 26.2. The molecule has 0 saturated carbocycles. The van der Waals surface area contributed by atoms with Crippen LogP contribution in [0.1, 0.15) is 5.56 Å². The highest BCUT2D eigenvalue weighted by molar-refractivity contribution is 9.10. The van der Waals surface area contributed by atoms with Crippen LogP contribution in [0.5, 0.6) is 0 Å². The predicted molar refractivity (Wildman–Crippen MR) is 64.2 cm³/mol. The van der Waals surface area contributed by atoms with Crippen molar-refractivity contribution >= 4 is 21.7 Å². The fourth-order valence-corrected chi connectivity index (χ4v) is 1.81. The van der Waals surface area contributed by atoms with E-state index in [1.807, 2.05) is 6.07 Å². The van der Waals surface area contributed by atoms with Crippen molar-refractivity contribution in [2.75, 3.05) is 5.73 Å². The number of rotatable bonds is 1. The lowest BCUT2D eigenvalue weighted by atomic mass is 10.2. The van der Waals surface area contributed by atoms with Gasteiger partial charge in [-0.2, -0.15) is 5.26 Å². The minimum absolute atomic E-state index is 0.0147. The third kappa shape index (κ3) is 2.02. The van der Waals surface area contributed by atoms with Gasteiger partial charge in [-0.25, -0.2) is 18.7 Å². The van der Waals surface area contributed by atoms with Crippen LogP contribution >= 0.6 is 15.9 Å². The van der Waals surface area contributed by atoms with E-state index in [0.717, 1.165) is 6.07 Å². The van der Waals surface area contributed by atoms with Crippen LogP contribution in [-0.4, -0.2) is 9.97 Å². The Balaban J connectivity index is 2.60. The summed E-state index contributed by atoms with van der Waals surface area (Å²) in [5.74, 6) is -1.91. The second-order valence-corrected chi connectivity index (χ2v) is 4.12. The zero-order chi connectivity index (χ0) is 13.3. The highest BCUT2D eigenvalue weighted by Crippen LogP contribution is 2.30. The maximum Gasteiger partial charge on any atom is 0.173 e. The number of aromatic nitrogens is 2. The van der Waals surface area contributed by atoms with Gasteiger partial charge in [0.2, 0.25) is 0 Å². The molecule has 0 bridgehead atoms. The first-order valence-corrected chi connectivity index (χ1v) is 5.50. The van der Waals surface area contributed by atoms with Crippen LogP contribution in [0.4, 0.5) is 14.6 Å². The van der Waals surface area contributed by atoms with Gasteiger partial charge in [-0.3, -0.25) is 0 Å². The van der Waals surface area contributed by atoms with Crippen LogP contribution in [0.15, 0.2) is 22.8 Å². The number of nitriles is 1. The molecule has 7 heteroatoms. The van der Waals surface area contributed by atoms with Crippen molar-refractivity contribution < 1.29 is 8.78 Å². The first-order chi connectivity index (χ1) is 8.54. The molecule has 0 spiro atoms. The molecule has 0 saturated heterocycles. The minimum Gasteiger partial charge on any atom is -0.382 e. The highest BCUT2D eigenvalue weighted by Gasteiger charge is 2.15. The molecule has 0 atom stereocenters. The van der Waals surface area contributed by atoms with Gasteiger partial charge in [0.1, 0.15) is 17.5 Å². The fourth-order valence-electron chi connectivity index (χ4n) is 1.31. The van der Waals surface area contributed by atoms with Crippen molar-refractivity contribution in [1.82, 2.24) is 9.97 Å². The van der Waals surface area contributed by atoms with Gasteiger partial charge in [0.15, 0.2) is 17.5 Å². The van der Waals surface area contributed by atoms with Gasteiger partial charge in [0, 0.05) is 5.56 Å². The SMILES string of the molecule is N#Cc1cnc(-c2ccc(F)c(F)c2Br)nc1N. The molecule has 2 N–H and O–H groups in total. The van der Waals surface area contributed by atoms with Gasteiger partial charge >= 0.3 is 0 Å². The molecular weight excluding hydrogens is 306 g/mol. The van der Waals surface area contributed by atoms with Crippen LogP contribution in [-0.2, 0) is 0 Å². The topological polar surface area (TPSA) is 75.6 Å². The standard InChI is InChI=1S/C11H5BrF2N4/c12-8-6(1-2-7(13)9(8)14)11-17-4-5(3-15)10(16)18-11/h1-2,4H,(H2,16,17,18). The van der Waals surface area contributed by atoms with Crippen molar-refractivity contribution in [3.8, 4) is 17.5 Å². The molecule has 2 aromatic rings. The van der Waals surface area contributed by atoms with E-state index in [2.05, 4.69) is 25.9 Å². The number of nitrogens with zero attached hydrogens (tertiary/aromatic N) is 3. The van der Waals surface area contributed by atoms with E-state index in [4.69, 9.17) is 11.0 Å². The predicted octanol–water partition coefficient (Wildman–Crippen LogP) is 2.64. The Morgan fingerprint density at radius 2 is 2.06 bits per heavy atom. The third-order valence-corrected chi connectivity index (χ3v) is 2.99. The molecule has 0 aliphatic carbocycles. The molecule has 0 unspecified atom stereocenters. The Morgan fingerprint density at radius 3 is 2.67 bits per heavy atom. The normalized spacial score (nSPS) is 10.1. The highest BCUT2D eigenvalue weighted by atomic mass is 79.9. The quantitative estimate of drug-likeness (QED) is 0.822. The maximum absolute atomic E-state index is 13.4. The Hall–Kier alpha value is -2.07. The largest absolute Gasteiger partial charge is 0.382 e. The number of nitrogens with two attached hydrogens (primary N) is 1. The number of hydrogen-bond acceptors (Lipinski definition) is 4. The van der Waals surface area contributed by atoms with E-state index >= 15 is 0 Å². The monoisotopic (exact) mass is 310 g/mol. The molecule has 1 aromatic heterocycles. The maximum atomic E-state index is 13.4. The first-order valence-electron chi connectivity index (χ1n) is 4.71. The summed E-state index contributed by atoms with van der Waals surface area (Å²) in [6, 6.07) is 4.10. The van der Waals surface area contributed by atoms with E-state index in [1.54, 1.807) is 0 Å². The van der Waals surface area contributed by atoms with Crippen molar-refractivity contribution in [2.45, 2.75) is 0 Å². The number of anilines is 1. The number of halogens is 3. The Bertz CT molecular complexity index is 667. The summed E-state index contributed by atoms with van der Waals surface area (Å²) in [7, 11) is 0. The van der Waals surface area contributed by atoms with Crippen molar-refractivity contribution in [2.24, 2.45) is 0 Å². The van der Waals surface area contributed by atoms with Crippen LogP contribution in [0.2, 0.25) is 0 Å². The lowest BCUT2D eigenvalue weighted by Gasteiger charge is -2.05. The number of benzene rings is 1. The Labute approximate surface area is 109 Å². The van der Waals surface area contributed by atoms with E-state index in [0.29, 0.717) is 0 Å². The molecule has 18 heavy (non-hydrogen) atoms. The van der Waals surface area contributed by atoms with E-state index < -0.39 is 11.6 Å². The minimum atomic E-state index is -1.03. The average Bonchev–Trinajstić information content (AvgIpc) is 2.36. The number of nitrogen functional groups attached to an aromatic ring is 1. The van der Waals surface area contributed by atoms with Gasteiger partial charge in [0.25, 0.3) is 0 Å². The Kier molecular flexibility index (Phi) is 3.21. The number of hydrogen-bond donors (Lipinski definition) is 1. The third-order valence-electron chi connectivity index (χ3n) is 2.21. The molecule has 0 aliphatic rings. The van der Waals surface area contributed by atoms with Gasteiger partial charge < -0.3 is 5.73 Å². The van der Waals surface area contributed by atoms with Crippen LogP contribution in [0.3, 0.4) is 0 Å². The molecule has 0 fully saturated rings. The molecule has 90 valence electrons. The second kappa shape index (κ2) is 4.66. The second-order valence-electron chi connectivity index (χ2n) is 3.33. The zero-order valence-electron chi connectivity index (χ0n) is 8.78. The molecule has 4 nitrogen and oxygen atoms in total. The molecule has 0 amide bonds. The molecular formula is C11H5BrF2N4. The summed E-state index contributed by atoms with van der Waals surface area (Å²) in [6.07, 6.45) is 1.23. The van der Waals surface area contributed by atoms with Crippen molar-refractivity contribution in [3.05, 3.63) is 40.0 Å². The molecule has 2 rings (SSSR count). The molecule has 1 heterocycles. The van der Waals surface area contributed by atoms with Gasteiger partial charge in [-0.05, 0) is 28.1 Å².